The summed E-state index contributed by atoms with van der Waals surface area (Å²) in [5.74, 6) is -0.941. The van der Waals surface area contributed by atoms with Crippen LogP contribution >= 0.6 is 0 Å². The first-order valence-corrected chi connectivity index (χ1v) is 5.15. The number of benzene rings is 1. The van der Waals surface area contributed by atoms with Gasteiger partial charge in [0, 0.05) is 6.42 Å². The number of carbonyl (C=O) groups is 2. The predicted octanol–water partition coefficient (Wildman–Crippen LogP) is 1.79. The van der Waals surface area contributed by atoms with E-state index in [9.17, 15) is 9.59 Å². The van der Waals surface area contributed by atoms with Crippen molar-refractivity contribution >= 4 is 11.9 Å². The number of esters is 2. The van der Waals surface area contributed by atoms with Crippen LogP contribution in [0.15, 0.2) is 24.3 Å². The van der Waals surface area contributed by atoms with Gasteiger partial charge in [0.15, 0.2) is 0 Å². The van der Waals surface area contributed by atoms with E-state index < -0.39 is 11.9 Å². The van der Waals surface area contributed by atoms with Crippen LogP contribution in [0.25, 0.3) is 0 Å². The lowest BCUT2D eigenvalue weighted by atomic mass is 10.1. The average Bonchev–Trinajstić information content (AvgIpc) is 2.32. The standard InChI is InChI=1S/C12H12O4/c1-8-6-7-15-11(13)9-4-2-3-5-10(9)12(14)16-8/h2-5,8H,6-7H2,1H3. The molecule has 1 aromatic carbocycles. The summed E-state index contributed by atoms with van der Waals surface area (Å²) in [6.45, 7) is 2.04. The highest BCUT2D eigenvalue weighted by atomic mass is 16.6. The first-order valence-electron chi connectivity index (χ1n) is 5.15. The molecule has 0 bridgehead atoms. The topological polar surface area (TPSA) is 52.6 Å². The number of ether oxygens (including phenoxy) is 2. The lowest BCUT2D eigenvalue weighted by Gasteiger charge is -2.10. The lowest BCUT2D eigenvalue weighted by molar-refractivity contribution is 0.0262. The molecule has 0 spiro atoms. The molecule has 0 saturated carbocycles. The van der Waals surface area contributed by atoms with Crippen LogP contribution in [-0.2, 0) is 9.47 Å². The van der Waals surface area contributed by atoms with Gasteiger partial charge in [-0.1, -0.05) is 12.1 Å². The Morgan fingerprint density at radius 1 is 1.12 bits per heavy atom. The first-order chi connectivity index (χ1) is 7.68. The zero-order chi connectivity index (χ0) is 11.5. The van der Waals surface area contributed by atoms with Gasteiger partial charge < -0.3 is 9.47 Å². The van der Waals surface area contributed by atoms with Crippen molar-refractivity contribution in [2.24, 2.45) is 0 Å². The molecular formula is C12H12O4. The summed E-state index contributed by atoms with van der Waals surface area (Å²) in [5, 5.41) is 0. The predicted molar refractivity (Wildman–Crippen MR) is 56.2 cm³/mol. The molecule has 1 aromatic rings. The van der Waals surface area contributed by atoms with Crippen molar-refractivity contribution in [3.63, 3.8) is 0 Å². The maximum Gasteiger partial charge on any atom is 0.339 e. The molecule has 1 unspecified atom stereocenters. The Kier molecular flexibility index (Phi) is 2.90. The van der Waals surface area contributed by atoms with Crippen LogP contribution in [0.3, 0.4) is 0 Å². The molecule has 16 heavy (non-hydrogen) atoms. The minimum absolute atomic E-state index is 0.244. The van der Waals surface area contributed by atoms with Gasteiger partial charge in [-0.05, 0) is 19.1 Å². The third-order valence-corrected chi connectivity index (χ3v) is 2.43. The first kappa shape index (κ1) is 10.7. The molecular weight excluding hydrogens is 208 g/mol. The summed E-state index contributed by atoms with van der Waals surface area (Å²) in [7, 11) is 0. The molecule has 4 nitrogen and oxygen atoms in total. The Labute approximate surface area is 93.2 Å². The molecule has 0 amide bonds. The number of hydrogen-bond acceptors (Lipinski definition) is 4. The van der Waals surface area contributed by atoms with E-state index in [1.807, 2.05) is 0 Å². The Balaban J connectivity index is 2.42. The van der Waals surface area contributed by atoms with E-state index in [-0.39, 0.29) is 23.8 Å². The summed E-state index contributed by atoms with van der Waals surface area (Å²) in [6, 6.07) is 6.51. The Morgan fingerprint density at radius 2 is 1.75 bits per heavy atom. The molecule has 84 valence electrons. The summed E-state index contributed by atoms with van der Waals surface area (Å²) in [5.41, 5.74) is 0.530. The maximum absolute atomic E-state index is 11.7. The number of rotatable bonds is 0. The highest BCUT2D eigenvalue weighted by molar-refractivity contribution is 6.03. The van der Waals surface area contributed by atoms with Crippen LogP contribution in [0.1, 0.15) is 34.1 Å². The number of hydrogen-bond donors (Lipinski definition) is 0. The maximum atomic E-state index is 11.7. The molecule has 0 saturated heterocycles. The Bertz CT molecular complexity index is 425. The summed E-state index contributed by atoms with van der Waals surface area (Å²) in [6.07, 6.45) is 0.275. The van der Waals surface area contributed by atoms with Crippen LogP contribution in [0.5, 0.6) is 0 Å². The van der Waals surface area contributed by atoms with Crippen molar-refractivity contribution in [3.05, 3.63) is 35.4 Å². The van der Waals surface area contributed by atoms with E-state index in [1.54, 1.807) is 31.2 Å². The minimum Gasteiger partial charge on any atom is -0.462 e. The zero-order valence-corrected chi connectivity index (χ0v) is 8.93. The lowest BCUT2D eigenvalue weighted by Crippen LogP contribution is -2.15. The summed E-state index contributed by atoms with van der Waals surface area (Å²) >= 11 is 0. The molecule has 2 rings (SSSR count). The van der Waals surface area contributed by atoms with Gasteiger partial charge in [-0.15, -0.1) is 0 Å². The third kappa shape index (κ3) is 2.05. The molecule has 1 atom stereocenters. The van der Waals surface area contributed by atoms with Crippen molar-refractivity contribution in [1.82, 2.24) is 0 Å². The van der Waals surface area contributed by atoms with Gasteiger partial charge in [0.2, 0.25) is 0 Å². The van der Waals surface area contributed by atoms with Gasteiger partial charge >= 0.3 is 11.9 Å². The Morgan fingerprint density at radius 3 is 2.44 bits per heavy atom. The van der Waals surface area contributed by atoms with E-state index >= 15 is 0 Å². The molecule has 0 fully saturated rings. The number of fused-ring (bicyclic) bond motifs is 1. The molecule has 0 N–H and O–H groups in total. The molecule has 0 aliphatic carbocycles. The fourth-order valence-electron chi connectivity index (χ4n) is 1.54. The van der Waals surface area contributed by atoms with Crippen molar-refractivity contribution < 1.29 is 19.1 Å². The normalized spacial score (nSPS) is 20.9. The summed E-state index contributed by atoms with van der Waals surface area (Å²) < 4.78 is 10.2. The van der Waals surface area contributed by atoms with Crippen molar-refractivity contribution in [2.75, 3.05) is 6.61 Å². The van der Waals surface area contributed by atoms with Crippen molar-refractivity contribution in [1.29, 1.82) is 0 Å². The molecule has 1 aliphatic heterocycles. The molecule has 4 heteroatoms. The molecule has 0 radical (unpaired) electrons. The second-order valence-electron chi connectivity index (χ2n) is 3.69. The van der Waals surface area contributed by atoms with Gasteiger partial charge in [0.25, 0.3) is 0 Å². The van der Waals surface area contributed by atoms with Crippen molar-refractivity contribution in [2.45, 2.75) is 19.4 Å². The fraction of sp³-hybridized carbons (Fsp3) is 0.333. The fourth-order valence-corrected chi connectivity index (χ4v) is 1.54. The Hall–Kier alpha value is -1.84. The van der Waals surface area contributed by atoms with E-state index in [2.05, 4.69) is 0 Å². The SMILES string of the molecule is CC1CCOC(=O)c2ccccc2C(=O)O1. The number of cyclic esters (lactones) is 2. The van der Waals surface area contributed by atoms with Gasteiger partial charge in [-0.25, -0.2) is 9.59 Å². The van der Waals surface area contributed by atoms with Crippen LogP contribution in [-0.4, -0.2) is 24.6 Å². The zero-order valence-electron chi connectivity index (χ0n) is 8.93. The van der Waals surface area contributed by atoms with Crippen LogP contribution in [0, 0.1) is 0 Å². The van der Waals surface area contributed by atoms with Gasteiger partial charge in [0.05, 0.1) is 17.7 Å². The van der Waals surface area contributed by atoms with Gasteiger partial charge in [0.1, 0.15) is 6.10 Å². The highest BCUT2D eigenvalue weighted by Crippen LogP contribution is 2.15. The minimum atomic E-state index is -0.471. The number of carbonyl (C=O) groups excluding carboxylic acids is 2. The van der Waals surface area contributed by atoms with E-state index in [0.717, 1.165) is 0 Å². The summed E-state index contributed by atoms with van der Waals surface area (Å²) in [4.78, 5) is 23.4. The van der Waals surface area contributed by atoms with Crippen LogP contribution in [0.2, 0.25) is 0 Å². The third-order valence-electron chi connectivity index (χ3n) is 2.43. The van der Waals surface area contributed by atoms with E-state index in [4.69, 9.17) is 9.47 Å². The van der Waals surface area contributed by atoms with Crippen LogP contribution in [0.4, 0.5) is 0 Å². The molecule has 1 aliphatic rings. The highest BCUT2D eigenvalue weighted by Gasteiger charge is 2.22. The van der Waals surface area contributed by atoms with E-state index in [0.29, 0.717) is 6.42 Å². The largest absolute Gasteiger partial charge is 0.462 e. The van der Waals surface area contributed by atoms with Crippen molar-refractivity contribution in [3.8, 4) is 0 Å². The quantitative estimate of drug-likeness (QED) is 0.625. The van der Waals surface area contributed by atoms with Gasteiger partial charge in [-0.3, -0.25) is 0 Å². The van der Waals surface area contributed by atoms with Crippen LogP contribution < -0.4 is 0 Å². The average molecular weight is 220 g/mol. The smallest absolute Gasteiger partial charge is 0.339 e. The molecule has 0 aromatic heterocycles. The van der Waals surface area contributed by atoms with Gasteiger partial charge in [-0.2, -0.15) is 0 Å². The monoisotopic (exact) mass is 220 g/mol. The second-order valence-corrected chi connectivity index (χ2v) is 3.69. The second kappa shape index (κ2) is 4.35. The van der Waals surface area contributed by atoms with E-state index in [1.165, 1.54) is 0 Å². The molecule has 1 heterocycles.